The summed E-state index contributed by atoms with van der Waals surface area (Å²) in [4.78, 5) is 26.1. The Balaban J connectivity index is 1.99. The molecule has 0 bridgehead atoms. The van der Waals surface area contributed by atoms with Gasteiger partial charge in [0, 0.05) is 16.7 Å². The molecule has 0 radical (unpaired) electrons. The van der Waals surface area contributed by atoms with E-state index >= 15 is 0 Å². The molecule has 1 unspecified atom stereocenters. The number of carbonyl (C=O) groups is 2. The second-order valence-corrected chi connectivity index (χ2v) is 7.20. The van der Waals surface area contributed by atoms with Crippen molar-refractivity contribution in [3.63, 3.8) is 0 Å². The third-order valence-corrected chi connectivity index (χ3v) is 4.73. The van der Waals surface area contributed by atoms with E-state index in [9.17, 15) is 9.59 Å². The molecule has 1 aliphatic heterocycles. The lowest BCUT2D eigenvalue weighted by Crippen LogP contribution is -2.43. The third-order valence-electron chi connectivity index (χ3n) is 3.52. The van der Waals surface area contributed by atoms with Crippen LogP contribution in [0.4, 0.5) is 10.5 Å². The van der Waals surface area contributed by atoms with Gasteiger partial charge in [-0.1, -0.05) is 25.4 Å². The number of amides is 2. The maximum atomic E-state index is 12.5. The van der Waals surface area contributed by atoms with Gasteiger partial charge >= 0.3 is 6.09 Å². The number of hydrogen-bond donors (Lipinski definition) is 1. The molecule has 1 N–H and O–H groups in total. The summed E-state index contributed by atoms with van der Waals surface area (Å²) in [7, 11) is 0. The van der Waals surface area contributed by atoms with Gasteiger partial charge in [0.2, 0.25) is 5.91 Å². The number of hydrogen-bond acceptors (Lipinski definition) is 3. The van der Waals surface area contributed by atoms with Gasteiger partial charge in [-0.15, -0.1) is 0 Å². The Morgan fingerprint density at radius 2 is 2.22 bits per heavy atom. The maximum Gasteiger partial charge on any atom is 0.410 e. The molecule has 1 heterocycles. The fourth-order valence-corrected chi connectivity index (χ4v) is 2.87. The third kappa shape index (κ3) is 4.85. The second kappa shape index (κ2) is 8.02. The van der Waals surface area contributed by atoms with Crippen LogP contribution in [0.15, 0.2) is 22.7 Å². The number of carbonyl (C=O) groups excluding carboxylic acids is 2. The maximum absolute atomic E-state index is 12.5. The summed E-state index contributed by atoms with van der Waals surface area (Å²) >= 11 is 9.26. The van der Waals surface area contributed by atoms with Crippen molar-refractivity contribution < 1.29 is 14.3 Å². The summed E-state index contributed by atoms with van der Waals surface area (Å²) in [5, 5.41) is 3.40. The molecule has 0 aliphatic carbocycles. The van der Waals surface area contributed by atoms with Crippen molar-refractivity contribution in [2.75, 3.05) is 18.5 Å². The van der Waals surface area contributed by atoms with Gasteiger partial charge in [0.1, 0.15) is 6.04 Å². The quantitative estimate of drug-likeness (QED) is 0.815. The molecule has 1 aromatic rings. The van der Waals surface area contributed by atoms with Crippen molar-refractivity contribution in [1.29, 1.82) is 0 Å². The van der Waals surface area contributed by atoms with Gasteiger partial charge in [0.15, 0.2) is 0 Å². The number of anilines is 1. The highest BCUT2D eigenvalue weighted by molar-refractivity contribution is 9.10. The first-order chi connectivity index (χ1) is 10.9. The highest BCUT2D eigenvalue weighted by Crippen LogP contribution is 2.26. The van der Waals surface area contributed by atoms with E-state index in [2.05, 4.69) is 21.2 Å². The minimum absolute atomic E-state index is 0.210. The van der Waals surface area contributed by atoms with Crippen LogP contribution in [0.25, 0.3) is 0 Å². The van der Waals surface area contributed by atoms with Gasteiger partial charge in [-0.3, -0.25) is 9.69 Å². The van der Waals surface area contributed by atoms with E-state index in [0.717, 1.165) is 6.42 Å². The van der Waals surface area contributed by atoms with Crippen molar-refractivity contribution in [3.8, 4) is 0 Å². The van der Waals surface area contributed by atoms with Crippen LogP contribution in [0, 0.1) is 5.92 Å². The van der Waals surface area contributed by atoms with Crippen LogP contribution in [-0.2, 0) is 9.53 Å². The summed E-state index contributed by atoms with van der Waals surface area (Å²) in [6, 6.07) is 4.66. The molecule has 5 nitrogen and oxygen atoms in total. The first kappa shape index (κ1) is 18.1. The molecule has 2 amide bonds. The summed E-state index contributed by atoms with van der Waals surface area (Å²) in [5.74, 6) is 0.0541. The molecule has 126 valence electrons. The van der Waals surface area contributed by atoms with Crippen LogP contribution < -0.4 is 5.32 Å². The van der Waals surface area contributed by atoms with Crippen molar-refractivity contribution in [1.82, 2.24) is 4.90 Å². The molecular weight excluding hydrogens is 384 g/mol. The average molecular weight is 404 g/mol. The zero-order valence-corrected chi connectivity index (χ0v) is 15.5. The lowest BCUT2D eigenvalue weighted by Gasteiger charge is -2.23. The predicted molar refractivity (Wildman–Crippen MR) is 93.7 cm³/mol. The Hall–Kier alpha value is -1.27. The normalized spacial score (nSPS) is 17.4. The van der Waals surface area contributed by atoms with Gasteiger partial charge in [-0.25, -0.2) is 4.79 Å². The van der Waals surface area contributed by atoms with Crippen LogP contribution in [-0.4, -0.2) is 36.1 Å². The Bertz CT molecular complexity index is 595. The molecule has 1 atom stereocenters. The monoisotopic (exact) mass is 402 g/mol. The minimum atomic E-state index is -0.496. The highest BCUT2D eigenvalue weighted by Gasteiger charge is 2.35. The summed E-state index contributed by atoms with van der Waals surface area (Å²) in [6.45, 7) is 4.84. The van der Waals surface area contributed by atoms with E-state index in [1.807, 2.05) is 13.8 Å². The van der Waals surface area contributed by atoms with Crippen LogP contribution in [0.2, 0.25) is 5.02 Å². The van der Waals surface area contributed by atoms with Crippen molar-refractivity contribution in [3.05, 3.63) is 27.7 Å². The Kier molecular flexibility index (Phi) is 6.30. The average Bonchev–Trinajstić information content (AvgIpc) is 2.98. The standard InChI is InChI=1S/C16H20BrClN2O3/c1-10(2)9-23-16(22)20-7-3-4-14(20)15(21)19-11-5-6-13(18)12(17)8-11/h5-6,8,10,14H,3-4,7,9H2,1-2H3,(H,19,21). The van der Waals surface area contributed by atoms with E-state index in [1.54, 1.807) is 18.2 Å². The number of nitrogens with zero attached hydrogens (tertiary/aromatic N) is 1. The second-order valence-electron chi connectivity index (χ2n) is 5.94. The van der Waals surface area contributed by atoms with Gasteiger partial charge in [-0.05, 0) is 52.9 Å². The lowest BCUT2D eigenvalue weighted by atomic mass is 10.2. The first-order valence-corrected chi connectivity index (χ1v) is 8.75. The SMILES string of the molecule is CC(C)COC(=O)N1CCCC1C(=O)Nc1ccc(Cl)c(Br)c1. The molecule has 0 spiro atoms. The fraction of sp³-hybridized carbons (Fsp3) is 0.500. The molecule has 1 aromatic carbocycles. The number of rotatable bonds is 4. The van der Waals surface area contributed by atoms with Crippen LogP contribution in [0.1, 0.15) is 26.7 Å². The molecule has 1 aliphatic rings. The predicted octanol–water partition coefficient (Wildman–Crippen LogP) is 4.30. The van der Waals surface area contributed by atoms with Crippen LogP contribution in [0.3, 0.4) is 0 Å². The van der Waals surface area contributed by atoms with Crippen LogP contribution >= 0.6 is 27.5 Å². The fourth-order valence-electron chi connectivity index (χ4n) is 2.38. The number of nitrogens with one attached hydrogen (secondary N) is 1. The number of ether oxygens (including phenoxy) is 1. The van der Waals surface area contributed by atoms with E-state index in [4.69, 9.17) is 16.3 Å². The first-order valence-electron chi connectivity index (χ1n) is 7.57. The number of benzene rings is 1. The minimum Gasteiger partial charge on any atom is -0.449 e. The van der Waals surface area contributed by atoms with E-state index < -0.39 is 12.1 Å². The van der Waals surface area contributed by atoms with Crippen molar-refractivity contribution in [2.24, 2.45) is 5.92 Å². The zero-order chi connectivity index (χ0) is 17.0. The molecule has 0 aromatic heterocycles. The highest BCUT2D eigenvalue weighted by atomic mass is 79.9. The molecule has 0 saturated carbocycles. The molecular formula is C16H20BrClN2O3. The van der Waals surface area contributed by atoms with Gasteiger partial charge in [0.25, 0.3) is 0 Å². The lowest BCUT2D eigenvalue weighted by molar-refractivity contribution is -0.120. The Morgan fingerprint density at radius 1 is 1.48 bits per heavy atom. The Labute approximate surface area is 149 Å². The molecule has 23 heavy (non-hydrogen) atoms. The summed E-state index contributed by atoms with van der Waals surface area (Å²) in [6.07, 6.45) is 1.00. The van der Waals surface area contributed by atoms with Gasteiger partial charge in [0.05, 0.1) is 11.6 Å². The topological polar surface area (TPSA) is 58.6 Å². The molecule has 2 rings (SSSR count). The van der Waals surface area contributed by atoms with Crippen molar-refractivity contribution in [2.45, 2.75) is 32.7 Å². The molecule has 7 heteroatoms. The van der Waals surface area contributed by atoms with Gasteiger partial charge in [-0.2, -0.15) is 0 Å². The summed E-state index contributed by atoms with van der Waals surface area (Å²) in [5.41, 5.74) is 0.633. The Morgan fingerprint density at radius 3 is 2.87 bits per heavy atom. The number of halogens is 2. The van der Waals surface area contributed by atoms with Crippen molar-refractivity contribution >= 4 is 45.2 Å². The largest absolute Gasteiger partial charge is 0.449 e. The zero-order valence-electron chi connectivity index (χ0n) is 13.1. The summed E-state index contributed by atoms with van der Waals surface area (Å²) < 4.78 is 5.94. The molecule has 1 fully saturated rings. The van der Waals surface area contributed by atoms with E-state index in [0.29, 0.717) is 34.8 Å². The molecule has 1 saturated heterocycles. The number of likely N-dealkylation sites (tertiary alicyclic amines) is 1. The van der Waals surface area contributed by atoms with E-state index in [1.165, 1.54) is 4.90 Å². The van der Waals surface area contributed by atoms with E-state index in [-0.39, 0.29) is 11.8 Å². The van der Waals surface area contributed by atoms with Crippen LogP contribution in [0.5, 0.6) is 0 Å². The smallest absolute Gasteiger partial charge is 0.410 e. The van der Waals surface area contributed by atoms with Gasteiger partial charge < -0.3 is 10.1 Å².